The van der Waals surface area contributed by atoms with Crippen LogP contribution in [-0.4, -0.2) is 42.4 Å². The van der Waals surface area contributed by atoms with Gasteiger partial charge in [0.05, 0.1) is 20.4 Å². The molecule has 0 radical (unpaired) electrons. The normalized spacial score (nSPS) is 17.3. The Labute approximate surface area is 172 Å². The second-order valence-electron chi connectivity index (χ2n) is 7.83. The van der Waals surface area contributed by atoms with Gasteiger partial charge in [-0.05, 0) is 49.6 Å². The Morgan fingerprint density at radius 3 is 2.76 bits per heavy atom. The maximum atomic E-state index is 5.46. The van der Waals surface area contributed by atoms with E-state index in [2.05, 4.69) is 58.4 Å². The molecule has 0 saturated carbocycles. The minimum atomic E-state index is 0.460. The highest BCUT2D eigenvalue weighted by Gasteiger charge is 2.25. The number of aryl methyl sites for hydroxylation is 1. The minimum absolute atomic E-state index is 0.460. The monoisotopic (exact) mass is 391 g/mol. The number of aromatic nitrogens is 2. The van der Waals surface area contributed by atoms with Crippen molar-refractivity contribution < 1.29 is 9.47 Å². The first-order valence-corrected chi connectivity index (χ1v) is 10.2. The van der Waals surface area contributed by atoms with E-state index in [0.717, 1.165) is 31.1 Å². The van der Waals surface area contributed by atoms with Crippen molar-refractivity contribution in [2.75, 3.05) is 27.3 Å². The molecule has 1 saturated heterocycles. The zero-order chi connectivity index (χ0) is 20.2. The third-order valence-electron chi connectivity index (χ3n) is 5.77. The SMILES string of the molecule is COc1ccc(CN2CCC[C@H](c3[nH]ncc3-c3cccc(C)c3)C2)cc1OC. The molecule has 0 bridgehead atoms. The van der Waals surface area contributed by atoms with Crippen LogP contribution in [0.1, 0.15) is 35.6 Å². The first-order chi connectivity index (χ1) is 14.2. The number of benzene rings is 2. The molecule has 1 atom stereocenters. The molecule has 2 heterocycles. The fraction of sp³-hybridized carbons (Fsp3) is 0.375. The predicted molar refractivity (Wildman–Crippen MR) is 116 cm³/mol. The van der Waals surface area contributed by atoms with E-state index in [1.165, 1.54) is 40.8 Å². The van der Waals surface area contributed by atoms with Gasteiger partial charge in [0.2, 0.25) is 0 Å². The van der Waals surface area contributed by atoms with Crippen molar-refractivity contribution in [2.45, 2.75) is 32.2 Å². The van der Waals surface area contributed by atoms with Gasteiger partial charge in [0.1, 0.15) is 0 Å². The smallest absolute Gasteiger partial charge is 0.161 e. The number of ether oxygens (including phenoxy) is 2. The van der Waals surface area contributed by atoms with E-state index in [-0.39, 0.29) is 0 Å². The molecule has 5 heteroatoms. The van der Waals surface area contributed by atoms with Gasteiger partial charge in [-0.15, -0.1) is 0 Å². The van der Waals surface area contributed by atoms with Crippen LogP contribution < -0.4 is 9.47 Å². The van der Waals surface area contributed by atoms with Crippen LogP contribution in [-0.2, 0) is 6.54 Å². The summed E-state index contributed by atoms with van der Waals surface area (Å²) < 4.78 is 10.8. The summed E-state index contributed by atoms with van der Waals surface area (Å²) in [5.41, 5.74) is 6.24. The standard InChI is InChI=1S/C24H29N3O2/c1-17-6-4-7-19(12-17)21-14-25-26-24(21)20-8-5-11-27(16-20)15-18-9-10-22(28-2)23(13-18)29-3/h4,6-7,9-10,12-14,20H,5,8,11,15-16H2,1-3H3,(H,25,26)/t20-/m0/s1. The Bertz CT molecular complexity index is 966. The Kier molecular flexibility index (Phi) is 5.86. The molecular weight excluding hydrogens is 362 g/mol. The molecular formula is C24H29N3O2. The third-order valence-corrected chi connectivity index (χ3v) is 5.77. The summed E-state index contributed by atoms with van der Waals surface area (Å²) in [6.07, 6.45) is 4.34. The number of aromatic amines is 1. The van der Waals surface area contributed by atoms with Crippen LogP contribution in [0.25, 0.3) is 11.1 Å². The molecule has 1 aliphatic rings. The van der Waals surface area contributed by atoms with Gasteiger partial charge in [0.25, 0.3) is 0 Å². The van der Waals surface area contributed by atoms with Crippen molar-refractivity contribution in [1.82, 2.24) is 15.1 Å². The van der Waals surface area contributed by atoms with Gasteiger partial charge >= 0.3 is 0 Å². The van der Waals surface area contributed by atoms with Crippen LogP contribution in [0.2, 0.25) is 0 Å². The number of H-pyrrole nitrogens is 1. The highest BCUT2D eigenvalue weighted by atomic mass is 16.5. The van der Waals surface area contributed by atoms with Crippen molar-refractivity contribution in [2.24, 2.45) is 0 Å². The van der Waals surface area contributed by atoms with Gasteiger partial charge in [-0.3, -0.25) is 10.00 Å². The topological polar surface area (TPSA) is 50.4 Å². The van der Waals surface area contributed by atoms with Crippen molar-refractivity contribution in [3.05, 3.63) is 65.5 Å². The molecule has 0 amide bonds. The van der Waals surface area contributed by atoms with Crippen LogP contribution in [0, 0.1) is 6.92 Å². The van der Waals surface area contributed by atoms with Gasteiger partial charge < -0.3 is 9.47 Å². The number of nitrogens with one attached hydrogen (secondary N) is 1. The average Bonchev–Trinajstić information content (AvgIpc) is 3.24. The van der Waals surface area contributed by atoms with Crippen LogP contribution in [0.5, 0.6) is 11.5 Å². The van der Waals surface area contributed by atoms with Crippen molar-refractivity contribution in [3.63, 3.8) is 0 Å². The Hall–Kier alpha value is -2.79. The maximum absolute atomic E-state index is 5.46. The first kappa shape index (κ1) is 19.5. The second kappa shape index (κ2) is 8.70. The summed E-state index contributed by atoms with van der Waals surface area (Å²) in [5.74, 6) is 2.02. The Morgan fingerprint density at radius 1 is 1.10 bits per heavy atom. The van der Waals surface area contributed by atoms with Gasteiger partial charge in [0.15, 0.2) is 11.5 Å². The molecule has 0 spiro atoms. The van der Waals surface area contributed by atoms with Gasteiger partial charge in [-0.25, -0.2) is 0 Å². The van der Waals surface area contributed by atoms with Gasteiger partial charge in [-0.2, -0.15) is 5.10 Å². The molecule has 1 aliphatic heterocycles. The van der Waals surface area contributed by atoms with Crippen LogP contribution >= 0.6 is 0 Å². The molecule has 0 aliphatic carbocycles. The predicted octanol–water partition coefficient (Wildman–Crippen LogP) is 4.78. The van der Waals surface area contributed by atoms with Crippen molar-refractivity contribution >= 4 is 0 Å². The number of hydrogen-bond donors (Lipinski definition) is 1. The zero-order valence-corrected chi connectivity index (χ0v) is 17.4. The summed E-state index contributed by atoms with van der Waals surface area (Å²) in [7, 11) is 3.35. The number of rotatable bonds is 6. The van der Waals surface area contributed by atoms with Gasteiger partial charge in [-0.1, -0.05) is 35.9 Å². The molecule has 4 rings (SSSR count). The summed E-state index contributed by atoms with van der Waals surface area (Å²) in [6.45, 7) is 5.17. The summed E-state index contributed by atoms with van der Waals surface area (Å²) >= 11 is 0. The summed E-state index contributed by atoms with van der Waals surface area (Å²) in [5, 5.41) is 7.68. The number of piperidine rings is 1. The molecule has 152 valence electrons. The number of hydrogen-bond acceptors (Lipinski definition) is 4. The van der Waals surface area contributed by atoms with E-state index < -0.39 is 0 Å². The van der Waals surface area contributed by atoms with E-state index in [9.17, 15) is 0 Å². The lowest BCUT2D eigenvalue weighted by Crippen LogP contribution is -2.34. The van der Waals surface area contributed by atoms with E-state index in [1.807, 2.05) is 12.3 Å². The molecule has 1 aromatic heterocycles. The van der Waals surface area contributed by atoms with Crippen LogP contribution in [0.15, 0.2) is 48.7 Å². The quantitative estimate of drug-likeness (QED) is 0.657. The number of nitrogens with zero attached hydrogens (tertiary/aromatic N) is 2. The molecule has 29 heavy (non-hydrogen) atoms. The fourth-order valence-electron chi connectivity index (χ4n) is 4.32. The second-order valence-corrected chi connectivity index (χ2v) is 7.83. The molecule has 3 aromatic rings. The van der Waals surface area contributed by atoms with E-state index in [1.54, 1.807) is 14.2 Å². The summed E-state index contributed by atoms with van der Waals surface area (Å²) in [4.78, 5) is 2.52. The number of likely N-dealkylation sites (tertiary alicyclic amines) is 1. The van der Waals surface area contributed by atoms with Gasteiger partial charge in [0, 0.05) is 30.3 Å². The zero-order valence-electron chi connectivity index (χ0n) is 17.4. The lowest BCUT2D eigenvalue weighted by atomic mass is 9.90. The van der Waals surface area contributed by atoms with Crippen molar-refractivity contribution in [1.29, 1.82) is 0 Å². The molecule has 5 nitrogen and oxygen atoms in total. The Morgan fingerprint density at radius 2 is 1.97 bits per heavy atom. The van der Waals surface area contributed by atoms with E-state index in [0.29, 0.717) is 5.92 Å². The molecule has 1 N–H and O–H groups in total. The minimum Gasteiger partial charge on any atom is -0.493 e. The average molecular weight is 392 g/mol. The lowest BCUT2D eigenvalue weighted by molar-refractivity contribution is 0.198. The van der Waals surface area contributed by atoms with E-state index >= 15 is 0 Å². The lowest BCUT2D eigenvalue weighted by Gasteiger charge is -2.32. The van der Waals surface area contributed by atoms with E-state index in [4.69, 9.17) is 9.47 Å². The largest absolute Gasteiger partial charge is 0.493 e. The van der Waals surface area contributed by atoms with Crippen LogP contribution in [0.4, 0.5) is 0 Å². The van der Waals surface area contributed by atoms with Crippen molar-refractivity contribution in [3.8, 4) is 22.6 Å². The highest BCUT2D eigenvalue weighted by Crippen LogP contribution is 2.34. The highest BCUT2D eigenvalue weighted by molar-refractivity contribution is 5.66. The summed E-state index contributed by atoms with van der Waals surface area (Å²) in [6, 6.07) is 14.8. The number of methoxy groups -OCH3 is 2. The molecule has 2 aromatic carbocycles. The third kappa shape index (κ3) is 4.30. The first-order valence-electron chi connectivity index (χ1n) is 10.2. The Balaban J connectivity index is 1.51. The molecule has 1 fully saturated rings. The maximum Gasteiger partial charge on any atom is 0.161 e. The fourth-order valence-corrected chi connectivity index (χ4v) is 4.32. The van der Waals surface area contributed by atoms with Crippen LogP contribution in [0.3, 0.4) is 0 Å². The molecule has 0 unspecified atom stereocenters.